The third kappa shape index (κ3) is 5.33. The van der Waals surface area contributed by atoms with Crippen molar-refractivity contribution in [3.05, 3.63) is 65.7 Å². The van der Waals surface area contributed by atoms with E-state index in [1.54, 1.807) is 48.5 Å². The van der Waals surface area contributed by atoms with Gasteiger partial charge in [-0.15, -0.1) is 0 Å². The van der Waals surface area contributed by atoms with Crippen molar-refractivity contribution in [2.24, 2.45) is 0 Å². The number of Topliss-reactive ketones (excluding diaryl/α,β-unsaturated/α-hetero) is 1. The van der Waals surface area contributed by atoms with Crippen molar-refractivity contribution in [2.45, 2.75) is 37.0 Å². The van der Waals surface area contributed by atoms with E-state index in [4.69, 9.17) is 14.2 Å². The Morgan fingerprint density at radius 3 is 2.38 bits per heavy atom. The van der Waals surface area contributed by atoms with E-state index in [0.29, 0.717) is 16.8 Å². The molecule has 0 bridgehead atoms. The number of carbonyl (C=O) groups is 2. The maximum Gasteiger partial charge on any atom is 0.412 e. The van der Waals surface area contributed by atoms with E-state index in [1.165, 1.54) is 6.92 Å². The van der Waals surface area contributed by atoms with Crippen LogP contribution in [0.25, 0.3) is 0 Å². The fraction of sp³-hybridized carbons (Fsp3) is 0.364. The Morgan fingerprint density at radius 2 is 1.69 bits per heavy atom. The van der Waals surface area contributed by atoms with Crippen LogP contribution in [0.2, 0.25) is 0 Å². The number of carbonyl (C=O) groups excluding carboxylic acids is 2. The van der Waals surface area contributed by atoms with E-state index >= 15 is 0 Å². The van der Waals surface area contributed by atoms with Gasteiger partial charge in [0.1, 0.15) is 12.2 Å². The van der Waals surface area contributed by atoms with Crippen LogP contribution >= 0.6 is 0 Å². The summed E-state index contributed by atoms with van der Waals surface area (Å²) in [5, 5.41) is 2.60. The molecule has 0 aliphatic carbocycles. The second-order valence-corrected chi connectivity index (χ2v) is 9.52. The van der Waals surface area contributed by atoms with E-state index in [1.807, 2.05) is 6.07 Å². The van der Waals surface area contributed by atoms with Gasteiger partial charge in [0.05, 0.1) is 25.0 Å². The van der Waals surface area contributed by atoms with Crippen molar-refractivity contribution in [3.8, 4) is 0 Å². The average molecular weight is 461 g/mol. The van der Waals surface area contributed by atoms with Crippen molar-refractivity contribution in [1.82, 2.24) is 4.72 Å². The van der Waals surface area contributed by atoms with Crippen LogP contribution in [0.4, 0.5) is 10.5 Å². The molecule has 170 valence electrons. The fourth-order valence-corrected chi connectivity index (χ4v) is 5.18. The molecule has 4 atom stereocenters. The largest absolute Gasteiger partial charge is 0.441 e. The molecular formula is C22H24N2O7S. The van der Waals surface area contributed by atoms with Crippen LogP contribution in [0.3, 0.4) is 0 Å². The molecule has 0 aromatic heterocycles. The summed E-state index contributed by atoms with van der Waals surface area (Å²) in [5.74, 6) is -0.215. The molecule has 2 aliphatic rings. The van der Waals surface area contributed by atoms with Gasteiger partial charge in [-0.05, 0) is 36.8 Å². The summed E-state index contributed by atoms with van der Waals surface area (Å²) in [6.45, 7) is 1.68. The van der Waals surface area contributed by atoms with E-state index in [2.05, 4.69) is 10.0 Å². The summed E-state index contributed by atoms with van der Waals surface area (Å²) in [5.41, 5.74) is 1.70. The van der Waals surface area contributed by atoms with E-state index in [-0.39, 0.29) is 24.7 Å². The van der Waals surface area contributed by atoms with Crippen LogP contribution in [0.15, 0.2) is 54.6 Å². The third-order valence-corrected chi connectivity index (χ3v) is 6.71. The van der Waals surface area contributed by atoms with Crippen LogP contribution < -0.4 is 10.0 Å². The molecule has 2 aromatic rings. The number of amides is 1. The molecule has 10 heteroatoms. The van der Waals surface area contributed by atoms with Crippen molar-refractivity contribution in [2.75, 3.05) is 18.5 Å². The second-order valence-electron chi connectivity index (χ2n) is 7.77. The van der Waals surface area contributed by atoms with Crippen molar-refractivity contribution in [1.29, 1.82) is 0 Å². The molecular weight excluding hydrogens is 436 g/mol. The van der Waals surface area contributed by atoms with E-state index in [0.717, 1.165) is 0 Å². The maximum atomic E-state index is 12.5. The van der Waals surface area contributed by atoms with Gasteiger partial charge in [0.2, 0.25) is 10.0 Å². The predicted molar refractivity (Wildman–Crippen MR) is 116 cm³/mol. The molecule has 32 heavy (non-hydrogen) atoms. The van der Waals surface area contributed by atoms with E-state index in [9.17, 15) is 18.0 Å². The van der Waals surface area contributed by atoms with Gasteiger partial charge in [-0.25, -0.2) is 17.9 Å². The molecule has 0 unspecified atom stereocenters. The quantitative estimate of drug-likeness (QED) is 0.607. The summed E-state index contributed by atoms with van der Waals surface area (Å²) in [7, 11) is -3.60. The Kier molecular flexibility index (Phi) is 6.56. The Hall–Kier alpha value is -2.79. The van der Waals surface area contributed by atoms with Crippen molar-refractivity contribution < 1.29 is 32.2 Å². The van der Waals surface area contributed by atoms with Crippen molar-refractivity contribution >= 4 is 27.6 Å². The monoisotopic (exact) mass is 460 g/mol. The molecule has 2 aliphatic heterocycles. The molecule has 2 heterocycles. The van der Waals surface area contributed by atoms with Crippen LogP contribution in [0.1, 0.15) is 22.8 Å². The SMILES string of the molecule is CC(=O)c1ccc(NC(=O)O[C@@H]2CO[C@H]3[C@@H]2OC[C@@H]3NS(=O)(=O)Cc2ccccc2)cc1. The molecule has 0 saturated carbocycles. The molecule has 2 N–H and O–H groups in total. The standard InChI is InChI=1S/C22H24N2O7S/c1-14(25)16-7-9-17(10-8-16)23-22(26)31-19-12-30-20-18(11-29-21(19)20)24-32(27,28)13-15-5-3-2-4-6-15/h2-10,18-21,24H,11-13H2,1H3,(H,23,26)/t18-,19+,20+,21+/m0/s1. The minimum absolute atomic E-state index is 0.0689. The summed E-state index contributed by atoms with van der Waals surface area (Å²) in [4.78, 5) is 23.6. The lowest BCUT2D eigenvalue weighted by atomic mass is 10.1. The van der Waals surface area contributed by atoms with Gasteiger partial charge in [0.25, 0.3) is 0 Å². The number of ketones is 1. The van der Waals surface area contributed by atoms with Crippen LogP contribution in [0.5, 0.6) is 0 Å². The zero-order valence-corrected chi connectivity index (χ0v) is 18.2. The maximum absolute atomic E-state index is 12.5. The van der Waals surface area contributed by atoms with Crippen LogP contribution in [-0.4, -0.2) is 57.9 Å². The molecule has 2 fully saturated rings. The first-order valence-corrected chi connectivity index (χ1v) is 11.8. The minimum atomic E-state index is -3.60. The molecule has 2 saturated heterocycles. The smallest absolute Gasteiger partial charge is 0.412 e. The van der Waals surface area contributed by atoms with E-state index < -0.39 is 40.5 Å². The lowest BCUT2D eigenvalue weighted by molar-refractivity contribution is 0.00883. The number of nitrogens with one attached hydrogen (secondary N) is 2. The van der Waals surface area contributed by atoms with Gasteiger partial charge in [0.15, 0.2) is 11.9 Å². The number of rotatable bonds is 7. The molecule has 4 rings (SSSR count). The van der Waals surface area contributed by atoms with Crippen LogP contribution in [-0.2, 0) is 30.0 Å². The zero-order chi connectivity index (χ0) is 22.7. The Morgan fingerprint density at radius 1 is 1.00 bits per heavy atom. The first-order valence-electron chi connectivity index (χ1n) is 10.2. The number of ether oxygens (including phenoxy) is 3. The molecule has 0 radical (unpaired) electrons. The fourth-order valence-electron chi connectivity index (χ4n) is 3.81. The number of sulfonamides is 1. The van der Waals surface area contributed by atoms with Crippen molar-refractivity contribution in [3.63, 3.8) is 0 Å². The molecule has 9 nitrogen and oxygen atoms in total. The van der Waals surface area contributed by atoms with Gasteiger partial charge < -0.3 is 14.2 Å². The average Bonchev–Trinajstić information content (AvgIpc) is 3.32. The van der Waals surface area contributed by atoms with Gasteiger partial charge in [-0.2, -0.15) is 0 Å². The first kappa shape index (κ1) is 22.4. The minimum Gasteiger partial charge on any atom is -0.441 e. The first-order chi connectivity index (χ1) is 15.3. The number of fused-ring (bicyclic) bond motifs is 1. The normalized spacial score (nSPS) is 24.7. The summed E-state index contributed by atoms with van der Waals surface area (Å²) >= 11 is 0. The number of benzene rings is 2. The summed E-state index contributed by atoms with van der Waals surface area (Å²) in [6.07, 6.45) is -2.47. The third-order valence-electron chi connectivity index (χ3n) is 5.33. The lowest BCUT2D eigenvalue weighted by Crippen LogP contribution is -2.44. The molecule has 1 amide bonds. The topological polar surface area (TPSA) is 120 Å². The highest BCUT2D eigenvalue weighted by molar-refractivity contribution is 7.88. The second kappa shape index (κ2) is 9.37. The Labute approximate surface area is 186 Å². The highest BCUT2D eigenvalue weighted by Crippen LogP contribution is 2.29. The number of hydrogen-bond acceptors (Lipinski definition) is 7. The van der Waals surface area contributed by atoms with Gasteiger partial charge in [-0.1, -0.05) is 30.3 Å². The van der Waals surface area contributed by atoms with Gasteiger partial charge in [0, 0.05) is 11.3 Å². The molecule has 2 aromatic carbocycles. The zero-order valence-electron chi connectivity index (χ0n) is 17.4. The number of anilines is 1. The molecule has 0 spiro atoms. The summed E-state index contributed by atoms with van der Waals surface area (Å²) in [6, 6.07) is 14.7. The Bertz CT molecular complexity index is 1070. The number of hydrogen-bond donors (Lipinski definition) is 2. The predicted octanol–water partition coefficient (Wildman–Crippen LogP) is 2.09. The highest BCUT2D eigenvalue weighted by Gasteiger charge is 2.50. The van der Waals surface area contributed by atoms with Gasteiger partial charge in [-0.3, -0.25) is 10.1 Å². The highest BCUT2D eigenvalue weighted by atomic mass is 32.2. The summed E-state index contributed by atoms with van der Waals surface area (Å²) < 4.78 is 44.5. The van der Waals surface area contributed by atoms with Gasteiger partial charge >= 0.3 is 6.09 Å². The lowest BCUT2D eigenvalue weighted by Gasteiger charge is -2.18. The Balaban J connectivity index is 1.30. The van der Waals surface area contributed by atoms with Crippen LogP contribution in [0, 0.1) is 0 Å².